The minimum absolute atomic E-state index is 0.130. The van der Waals surface area contributed by atoms with E-state index in [0.29, 0.717) is 0 Å². The lowest BCUT2D eigenvalue weighted by molar-refractivity contribution is -0.141. The summed E-state index contributed by atoms with van der Waals surface area (Å²) >= 11 is 0. The van der Waals surface area contributed by atoms with E-state index >= 15 is 0 Å². The van der Waals surface area contributed by atoms with Gasteiger partial charge in [-0.2, -0.15) is 5.10 Å². The van der Waals surface area contributed by atoms with E-state index in [9.17, 15) is 14.0 Å². The van der Waals surface area contributed by atoms with Crippen LogP contribution in [0.5, 0.6) is 0 Å². The zero-order chi connectivity index (χ0) is 17.0. The summed E-state index contributed by atoms with van der Waals surface area (Å²) in [5, 5.41) is 4.11. The van der Waals surface area contributed by atoms with Crippen molar-refractivity contribution in [3.05, 3.63) is 48.0 Å². The topological polar surface area (TPSA) is 64.4 Å². The molecule has 0 aliphatic carbocycles. The molecule has 0 unspecified atom stereocenters. The van der Waals surface area contributed by atoms with E-state index < -0.39 is 17.7 Å². The van der Waals surface area contributed by atoms with Gasteiger partial charge >= 0.3 is 5.97 Å². The summed E-state index contributed by atoms with van der Waals surface area (Å²) in [7, 11) is 1.26. The van der Waals surface area contributed by atoms with Gasteiger partial charge in [0.05, 0.1) is 7.11 Å². The van der Waals surface area contributed by atoms with Crippen molar-refractivity contribution in [3.63, 3.8) is 0 Å². The molecule has 1 aromatic heterocycles. The van der Waals surface area contributed by atoms with Gasteiger partial charge < -0.3 is 9.64 Å². The van der Waals surface area contributed by atoms with Gasteiger partial charge in [0.1, 0.15) is 18.0 Å². The summed E-state index contributed by atoms with van der Waals surface area (Å²) in [5.41, 5.74) is 0.376. The molecule has 1 amide bonds. The number of ether oxygens (including phenoxy) is 1. The highest BCUT2D eigenvalue weighted by molar-refractivity contribution is 5.94. The van der Waals surface area contributed by atoms with Crippen LogP contribution in [0.1, 0.15) is 24.3 Å². The monoisotopic (exact) mass is 319 g/mol. The molecule has 1 aromatic carbocycles. The second-order valence-corrected chi connectivity index (χ2v) is 5.20. The third-order valence-electron chi connectivity index (χ3n) is 3.32. The number of carbonyl (C=O) groups is 2. The third-order valence-corrected chi connectivity index (χ3v) is 3.32. The van der Waals surface area contributed by atoms with Gasteiger partial charge in [0.2, 0.25) is 0 Å². The summed E-state index contributed by atoms with van der Waals surface area (Å²) in [6.07, 6.45) is 1.50. The Morgan fingerprint density at radius 3 is 2.61 bits per heavy atom. The van der Waals surface area contributed by atoms with Crippen molar-refractivity contribution in [2.24, 2.45) is 0 Å². The van der Waals surface area contributed by atoms with Gasteiger partial charge in [0.25, 0.3) is 5.91 Å². The number of nitrogens with zero attached hydrogens (tertiary/aromatic N) is 3. The number of halogens is 1. The molecule has 0 N–H and O–H groups in total. The zero-order valence-corrected chi connectivity index (χ0v) is 13.2. The van der Waals surface area contributed by atoms with Gasteiger partial charge in [-0.1, -0.05) is 12.1 Å². The minimum Gasteiger partial charge on any atom is -0.468 e. The lowest BCUT2D eigenvalue weighted by Gasteiger charge is -2.24. The van der Waals surface area contributed by atoms with Gasteiger partial charge in [0, 0.05) is 12.2 Å². The SMILES string of the molecule is COC(=O)CN(C(=O)c1ccn(-c2ccccc2F)n1)C(C)C. The smallest absolute Gasteiger partial charge is 0.325 e. The first-order valence-electron chi connectivity index (χ1n) is 7.12. The lowest BCUT2D eigenvalue weighted by atomic mass is 10.2. The van der Waals surface area contributed by atoms with Crippen molar-refractivity contribution in [2.75, 3.05) is 13.7 Å². The average Bonchev–Trinajstić information content (AvgIpc) is 3.01. The first-order chi connectivity index (χ1) is 10.9. The molecule has 1 heterocycles. The van der Waals surface area contributed by atoms with Crippen molar-refractivity contribution in [2.45, 2.75) is 19.9 Å². The lowest BCUT2D eigenvalue weighted by Crippen LogP contribution is -2.41. The molecule has 0 saturated heterocycles. The molecule has 7 heteroatoms. The Morgan fingerprint density at radius 1 is 1.30 bits per heavy atom. The van der Waals surface area contributed by atoms with Crippen LogP contribution in [0.4, 0.5) is 4.39 Å². The van der Waals surface area contributed by atoms with E-state index in [4.69, 9.17) is 0 Å². The van der Waals surface area contributed by atoms with Crippen molar-refractivity contribution >= 4 is 11.9 Å². The van der Waals surface area contributed by atoms with Crippen molar-refractivity contribution in [1.82, 2.24) is 14.7 Å². The van der Waals surface area contributed by atoms with E-state index in [0.717, 1.165) is 0 Å². The van der Waals surface area contributed by atoms with E-state index in [1.54, 1.807) is 32.0 Å². The van der Waals surface area contributed by atoms with Crippen LogP contribution in [0.3, 0.4) is 0 Å². The normalized spacial score (nSPS) is 10.7. The number of para-hydroxylation sites is 1. The number of carbonyl (C=O) groups excluding carboxylic acids is 2. The number of esters is 1. The first-order valence-corrected chi connectivity index (χ1v) is 7.12. The van der Waals surface area contributed by atoms with Gasteiger partial charge in [-0.05, 0) is 32.0 Å². The van der Waals surface area contributed by atoms with Crippen LogP contribution in [0.25, 0.3) is 5.69 Å². The quantitative estimate of drug-likeness (QED) is 0.791. The molecular formula is C16H18FN3O3. The number of aromatic nitrogens is 2. The van der Waals surface area contributed by atoms with Crippen LogP contribution in [-0.2, 0) is 9.53 Å². The highest BCUT2D eigenvalue weighted by Gasteiger charge is 2.24. The second-order valence-electron chi connectivity index (χ2n) is 5.20. The van der Waals surface area contributed by atoms with E-state index in [2.05, 4.69) is 9.84 Å². The number of benzene rings is 1. The minimum atomic E-state index is -0.513. The van der Waals surface area contributed by atoms with Crippen LogP contribution in [-0.4, -0.2) is 46.3 Å². The molecule has 0 radical (unpaired) electrons. The predicted molar refractivity (Wildman–Crippen MR) is 81.7 cm³/mol. The Morgan fingerprint density at radius 2 is 2.00 bits per heavy atom. The molecule has 6 nitrogen and oxygen atoms in total. The van der Waals surface area contributed by atoms with Crippen LogP contribution >= 0.6 is 0 Å². The highest BCUT2D eigenvalue weighted by Crippen LogP contribution is 2.14. The van der Waals surface area contributed by atoms with E-state index in [-0.39, 0.29) is 24.0 Å². The van der Waals surface area contributed by atoms with E-state index in [1.165, 1.54) is 35.0 Å². The maximum atomic E-state index is 13.8. The van der Waals surface area contributed by atoms with Crippen LogP contribution in [0, 0.1) is 5.82 Å². The average molecular weight is 319 g/mol. The van der Waals surface area contributed by atoms with Crippen molar-refractivity contribution in [3.8, 4) is 5.69 Å². The fourth-order valence-corrected chi connectivity index (χ4v) is 2.05. The molecule has 0 bridgehead atoms. The van der Waals surface area contributed by atoms with Gasteiger partial charge in [-0.25, -0.2) is 9.07 Å². The van der Waals surface area contributed by atoms with Crippen molar-refractivity contribution < 1.29 is 18.7 Å². The Labute approximate surface area is 133 Å². The number of hydrogen-bond acceptors (Lipinski definition) is 4. The summed E-state index contributed by atoms with van der Waals surface area (Å²) < 4.78 is 19.7. The van der Waals surface area contributed by atoms with Gasteiger partial charge in [-0.3, -0.25) is 9.59 Å². The molecule has 0 atom stereocenters. The number of methoxy groups -OCH3 is 1. The second kappa shape index (κ2) is 7.04. The van der Waals surface area contributed by atoms with E-state index in [1.807, 2.05) is 0 Å². The first kappa shape index (κ1) is 16.7. The summed E-state index contributed by atoms with van der Waals surface area (Å²) in [5.74, 6) is -1.37. The van der Waals surface area contributed by atoms with Crippen molar-refractivity contribution in [1.29, 1.82) is 0 Å². The van der Waals surface area contributed by atoms with Gasteiger partial charge in [-0.15, -0.1) is 0 Å². The number of hydrogen-bond donors (Lipinski definition) is 0. The zero-order valence-electron chi connectivity index (χ0n) is 13.2. The molecule has 0 aliphatic heterocycles. The third kappa shape index (κ3) is 3.74. The maximum Gasteiger partial charge on any atom is 0.325 e. The molecule has 0 fully saturated rings. The standard InChI is InChI=1S/C16H18FN3O3/c1-11(2)19(10-15(21)23-3)16(22)13-8-9-20(18-13)14-7-5-4-6-12(14)17/h4-9,11H,10H2,1-3H3. The number of rotatable bonds is 5. The summed E-state index contributed by atoms with van der Waals surface area (Å²) in [6, 6.07) is 7.41. The maximum absolute atomic E-state index is 13.8. The molecule has 122 valence electrons. The predicted octanol–water partition coefficient (Wildman–Crippen LogP) is 2.04. The summed E-state index contributed by atoms with van der Waals surface area (Å²) in [6.45, 7) is 3.41. The molecule has 0 aliphatic rings. The summed E-state index contributed by atoms with van der Waals surface area (Å²) in [4.78, 5) is 25.3. The van der Waals surface area contributed by atoms with Crippen LogP contribution in [0.2, 0.25) is 0 Å². The Kier molecular flexibility index (Phi) is 5.10. The Hall–Kier alpha value is -2.70. The van der Waals surface area contributed by atoms with Gasteiger partial charge in [0.15, 0.2) is 5.69 Å². The fourth-order valence-electron chi connectivity index (χ4n) is 2.05. The highest BCUT2D eigenvalue weighted by atomic mass is 19.1. The molecule has 23 heavy (non-hydrogen) atoms. The fraction of sp³-hybridized carbons (Fsp3) is 0.312. The molecule has 2 rings (SSSR count). The molecule has 0 spiro atoms. The van der Waals surface area contributed by atoms with Crippen LogP contribution in [0.15, 0.2) is 36.5 Å². The van der Waals surface area contributed by atoms with Crippen LogP contribution < -0.4 is 0 Å². The largest absolute Gasteiger partial charge is 0.468 e. The molecular weight excluding hydrogens is 301 g/mol. The molecule has 0 saturated carbocycles. The molecule has 2 aromatic rings. The Bertz CT molecular complexity index is 712. The number of amides is 1. The Balaban J connectivity index is 2.26.